The van der Waals surface area contributed by atoms with Crippen LogP contribution in [0.25, 0.3) is 10.8 Å². The molecule has 2 aromatic heterocycles. The number of aryl methyl sites for hydroxylation is 1. The number of thiophene rings is 1. The second-order valence-electron chi connectivity index (χ2n) is 4.61. The van der Waals surface area contributed by atoms with Crippen molar-refractivity contribution < 1.29 is 9.26 Å². The Labute approximate surface area is 109 Å². The molecule has 0 aliphatic carbocycles. The number of nitrogens with two attached hydrogens (primary N) is 1. The fraction of sp³-hybridized carbons (Fsp3) is 0.500. The minimum atomic E-state index is 0.512. The second-order valence-corrected chi connectivity index (χ2v) is 5.49. The van der Waals surface area contributed by atoms with Gasteiger partial charge in [0.25, 0.3) is 5.89 Å². The Kier molecular flexibility index (Phi) is 3.05. The lowest BCUT2D eigenvalue weighted by molar-refractivity contribution is 0.185. The van der Waals surface area contributed by atoms with E-state index in [9.17, 15) is 0 Å². The molecule has 0 radical (unpaired) electrons. The predicted molar refractivity (Wildman–Crippen MR) is 69.4 cm³/mol. The van der Waals surface area contributed by atoms with Gasteiger partial charge in [-0.3, -0.25) is 0 Å². The van der Waals surface area contributed by atoms with Crippen LogP contribution in [-0.4, -0.2) is 23.4 Å². The van der Waals surface area contributed by atoms with Crippen molar-refractivity contribution in [1.82, 2.24) is 10.1 Å². The third-order valence-corrected chi connectivity index (χ3v) is 4.28. The molecule has 2 aromatic rings. The molecule has 1 aliphatic heterocycles. The quantitative estimate of drug-likeness (QED) is 0.921. The largest absolute Gasteiger partial charge is 0.397 e. The molecule has 0 bridgehead atoms. The molecule has 2 N–H and O–H groups in total. The van der Waals surface area contributed by atoms with Crippen molar-refractivity contribution in [1.29, 1.82) is 0 Å². The number of hydrogen-bond acceptors (Lipinski definition) is 6. The number of aromatic nitrogens is 2. The predicted octanol–water partition coefficient (Wildman–Crippen LogP) is 2.27. The Morgan fingerprint density at radius 3 is 3.11 bits per heavy atom. The standard InChI is InChI=1S/C12H15N3O2S/c1-7-6-18-11(10(7)13)12-14-9(15-17-12)4-8-2-3-16-5-8/h6,8H,2-5,13H2,1H3. The summed E-state index contributed by atoms with van der Waals surface area (Å²) in [6.07, 6.45) is 1.89. The summed E-state index contributed by atoms with van der Waals surface area (Å²) in [6, 6.07) is 0. The Hall–Kier alpha value is -1.40. The number of nitrogens with zero attached hydrogens (tertiary/aromatic N) is 2. The van der Waals surface area contributed by atoms with Gasteiger partial charge in [0.15, 0.2) is 5.82 Å². The number of rotatable bonds is 3. The van der Waals surface area contributed by atoms with Gasteiger partial charge in [-0.2, -0.15) is 4.98 Å². The van der Waals surface area contributed by atoms with Crippen molar-refractivity contribution in [2.75, 3.05) is 18.9 Å². The van der Waals surface area contributed by atoms with E-state index in [1.807, 2.05) is 12.3 Å². The van der Waals surface area contributed by atoms with Gasteiger partial charge in [0.2, 0.25) is 0 Å². The molecular formula is C12H15N3O2S. The average molecular weight is 265 g/mol. The van der Waals surface area contributed by atoms with E-state index in [0.717, 1.165) is 48.0 Å². The van der Waals surface area contributed by atoms with Gasteiger partial charge in [0.1, 0.15) is 4.88 Å². The Bertz CT molecular complexity index is 543. The van der Waals surface area contributed by atoms with E-state index in [1.54, 1.807) is 0 Å². The van der Waals surface area contributed by atoms with Crippen LogP contribution in [0.4, 0.5) is 5.69 Å². The van der Waals surface area contributed by atoms with Crippen molar-refractivity contribution in [2.45, 2.75) is 19.8 Å². The topological polar surface area (TPSA) is 74.2 Å². The summed E-state index contributed by atoms with van der Waals surface area (Å²) < 4.78 is 10.6. The zero-order valence-corrected chi connectivity index (χ0v) is 11.0. The molecule has 1 atom stereocenters. The van der Waals surface area contributed by atoms with Crippen LogP contribution in [0, 0.1) is 12.8 Å². The minimum Gasteiger partial charge on any atom is -0.397 e. The molecule has 18 heavy (non-hydrogen) atoms. The Morgan fingerprint density at radius 1 is 1.56 bits per heavy atom. The van der Waals surface area contributed by atoms with E-state index >= 15 is 0 Å². The van der Waals surface area contributed by atoms with Gasteiger partial charge in [-0.25, -0.2) is 0 Å². The molecule has 5 nitrogen and oxygen atoms in total. The third-order valence-electron chi connectivity index (χ3n) is 3.18. The lowest BCUT2D eigenvalue weighted by Gasteiger charge is -2.00. The highest BCUT2D eigenvalue weighted by Crippen LogP contribution is 2.33. The Balaban J connectivity index is 1.78. The Morgan fingerprint density at radius 2 is 2.44 bits per heavy atom. The highest BCUT2D eigenvalue weighted by molar-refractivity contribution is 7.14. The SMILES string of the molecule is Cc1csc(-c2nc(CC3CCOC3)no2)c1N. The van der Waals surface area contributed by atoms with Crippen molar-refractivity contribution in [3.05, 3.63) is 16.8 Å². The molecule has 1 aliphatic rings. The molecule has 3 rings (SSSR count). The van der Waals surface area contributed by atoms with Gasteiger partial charge >= 0.3 is 0 Å². The zero-order valence-electron chi connectivity index (χ0n) is 10.2. The van der Waals surface area contributed by atoms with E-state index in [0.29, 0.717) is 11.8 Å². The summed E-state index contributed by atoms with van der Waals surface area (Å²) in [5.74, 6) is 1.78. The van der Waals surface area contributed by atoms with Gasteiger partial charge in [0, 0.05) is 19.6 Å². The maximum atomic E-state index is 5.97. The summed E-state index contributed by atoms with van der Waals surface area (Å²) in [5.41, 5.74) is 7.76. The van der Waals surface area contributed by atoms with Crippen LogP contribution >= 0.6 is 11.3 Å². The normalized spacial score (nSPS) is 19.5. The van der Waals surface area contributed by atoms with Gasteiger partial charge in [-0.05, 0) is 30.2 Å². The lowest BCUT2D eigenvalue weighted by atomic mass is 10.1. The monoisotopic (exact) mass is 265 g/mol. The van der Waals surface area contributed by atoms with Crippen LogP contribution in [0.15, 0.2) is 9.90 Å². The molecule has 96 valence electrons. The summed E-state index contributed by atoms with van der Waals surface area (Å²) in [6.45, 7) is 3.61. The van der Waals surface area contributed by atoms with Crippen molar-refractivity contribution in [2.24, 2.45) is 5.92 Å². The first-order valence-electron chi connectivity index (χ1n) is 5.98. The first kappa shape index (κ1) is 11.7. The van der Waals surface area contributed by atoms with Crippen LogP contribution in [0.5, 0.6) is 0 Å². The van der Waals surface area contributed by atoms with Crippen molar-refractivity contribution in [3.63, 3.8) is 0 Å². The van der Waals surface area contributed by atoms with Gasteiger partial charge < -0.3 is 15.0 Å². The highest BCUT2D eigenvalue weighted by Gasteiger charge is 2.20. The summed E-state index contributed by atoms with van der Waals surface area (Å²) in [4.78, 5) is 5.28. The van der Waals surface area contributed by atoms with E-state index < -0.39 is 0 Å². The molecule has 6 heteroatoms. The van der Waals surface area contributed by atoms with E-state index in [1.165, 1.54) is 11.3 Å². The molecule has 3 heterocycles. The number of nitrogen functional groups attached to an aromatic ring is 1. The maximum absolute atomic E-state index is 5.97. The average Bonchev–Trinajstić information content (AvgIpc) is 3.05. The van der Waals surface area contributed by atoms with E-state index in [2.05, 4.69) is 10.1 Å². The first-order valence-corrected chi connectivity index (χ1v) is 6.86. The van der Waals surface area contributed by atoms with Crippen LogP contribution in [-0.2, 0) is 11.2 Å². The van der Waals surface area contributed by atoms with Gasteiger partial charge in [-0.15, -0.1) is 11.3 Å². The lowest BCUT2D eigenvalue weighted by Crippen LogP contribution is -2.04. The third kappa shape index (κ3) is 2.13. The fourth-order valence-corrected chi connectivity index (χ4v) is 2.94. The van der Waals surface area contributed by atoms with Gasteiger partial charge in [0.05, 0.1) is 5.69 Å². The maximum Gasteiger partial charge on any atom is 0.270 e. The van der Waals surface area contributed by atoms with Crippen LogP contribution in [0.2, 0.25) is 0 Å². The zero-order chi connectivity index (χ0) is 12.5. The second kappa shape index (κ2) is 4.70. The highest BCUT2D eigenvalue weighted by atomic mass is 32.1. The molecule has 0 amide bonds. The smallest absolute Gasteiger partial charge is 0.270 e. The summed E-state index contributed by atoms with van der Waals surface area (Å²) in [7, 11) is 0. The molecular weight excluding hydrogens is 250 g/mol. The minimum absolute atomic E-state index is 0.512. The number of hydrogen-bond donors (Lipinski definition) is 1. The summed E-state index contributed by atoms with van der Waals surface area (Å²) in [5, 5.41) is 6.02. The number of anilines is 1. The van der Waals surface area contributed by atoms with Crippen LogP contribution < -0.4 is 5.73 Å². The van der Waals surface area contributed by atoms with Crippen molar-refractivity contribution >= 4 is 17.0 Å². The molecule has 0 saturated carbocycles. The fourth-order valence-electron chi connectivity index (χ4n) is 2.05. The van der Waals surface area contributed by atoms with E-state index in [4.69, 9.17) is 15.0 Å². The molecule has 0 aromatic carbocycles. The molecule has 1 fully saturated rings. The van der Waals surface area contributed by atoms with Crippen molar-refractivity contribution in [3.8, 4) is 10.8 Å². The molecule has 0 spiro atoms. The first-order chi connectivity index (χ1) is 8.74. The van der Waals surface area contributed by atoms with Crippen LogP contribution in [0.3, 0.4) is 0 Å². The molecule has 1 saturated heterocycles. The number of ether oxygens (including phenoxy) is 1. The molecule has 1 unspecified atom stereocenters. The van der Waals surface area contributed by atoms with E-state index in [-0.39, 0.29) is 0 Å². The van der Waals surface area contributed by atoms with Crippen LogP contribution in [0.1, 0.15) is 17.8 Å². The van der Waals surface area contributed by atoms with Gasteiger partial charge in [-0.1, -0.05) is 5.16 Å². The summed E-state index contributed by atoms with van der Waals surface area (Å²) >= 11 is 1.54.